The molecule has 1 heterocycles. The summed E-state index contributed by atoms with van der Waals surface area (Å²) in [4.78, 5) is 18.4. The van der Waals surface area contributed by atoms with Gasteiger partial charge < -0.3 is 9.73 Å². The average Bonchev–Trinajstić information content (AvgIpc) is 3.24. The highest BCUT2D eigenvalue weighted by Gasteiger charge is 2.18. The lowest BCUT2D eigenvalue weighted by Gasteiger charge is -2.11. The Morgan fingerprint density at radius 2 is 1.83 bits per heavy atom. The van der Waals surface area contributed by atoms with E-state index in [9.17, 15) is 4.79 Å². The summed E-state index contributed by atoms with van der Waals surface area (Å²) in [6, 6.07) is 22.8. The van der Waals surface area contributed by atoms with Gasteiger partial charge in [-0.2, -0.15) is 0 Å². The third-order valence-electron chi connectivity index (χ3n) is 4.37. The van der Waals surface area contributed by atoms with Crippen LogP contribution in [0.15, 0.2) is 92.8 Å². The molecule has 0 aliphatic rings. The zero-order valence-electron chi connectivity index (χ0n) is 15.6. The number of nitrogens with one attached hydrogen (secondary N) is 1. The Morgan fingerprint density at radius 1 is 1.03 bits per heavy atom. The van der Waals surface area contributed by atoms with E-state index in [1.807, 2.05) is 73.0 Å². The van der Waals surface area contributed by atoms with Crippen molar-refractivity contribution in [2.45, 2.75) is 4.90 Å². The van der Waals surface area contributed by atoms with E-state index >= 15 is 0 Å². The molecule has 29 heavy (non-hydrogen) atoms. The van der Waals surface area contributed by atoms with Gasteiger partial charge in [-0.15, -0.1) is 11.8 Å². The van der Waals surface area contributed by atoms with Gasteiger partial charge in [0.1, 0.15) is 0 Å². The van der Waals surface area contributed by atoms with Crippen LogP contribution in [0.4, 0.5) is 5.69 Å². The average molecular weight is 465 g/mol. The number of halogens is 1. The first kappa shape index (κ1) is 19.5. The molecule has 0 atom stereocenters. The first-order valence-corrected chi connectivity index (χ1v) is 10.9. The molecule has 0 bridgehead atoms. The van der Waals surface area contributed by atoms with Gasteiger partial charge in [0.05, 0.1) is 17.4 Å². The first-order valence-electron chi connectivity index (χ1n) is 8.91. The molecule has 0 spiro atoms. The van der Waals surface area contributed by atoms with Crippen LogP contribution in [-0.2, 0) is 0 Å². The number of carbonyl (C=O) groups excluding carboxylic acids is 1. The summed E-state index contributed by atoms with van der Waals surface area (Å²) in [6.45, 7) is 0. The van der Waals surface area contributed by atoms with Crippen LogP contribution >= 0.6 is 27.7 Å². The summed E-state index contributed by atoms with van der Waals surface area (Å²) < 4.78 is 6.94. The molecule has 1 N–H and O–H groups in total. The number of rotatable bonds is 5. The third kappa shape index (κ3) is 4.28. The largest absolute Gasteiger partial charge is 0.436 e. The molecule has 0 aliphatic heterocycles. The summed E-state index contributed by atoms with van der Waals surface area (Å²) in [5.41, 5.74) is 2.84. The zero-order chi connectivity index (χ0) is 20.2. The standard InChI is InChI=1S/C23H17BrN2O2S/c1-29-21-12-5-4-11-19(21)26-22(27)17-9-2-3-10-18(17)23-25-14-20(28-23)15-7-6-8-16(24)13-15/h2-14H,1H3,(H,26,27). The van der Waals surface area contributed by atoms with Gasteiger partial charge >= 0.3 is 0 Å². The zero-order valence-corrected chi connectivity index (χ0v) is 18.0. The molecular weight excluding hydrogens is 448 g/mol. The number of anilines is 1. The fourth-order valence-corrected chi connectivity index (χ4v) is 3.93. The Kier molecular flexibility index (Phi) is 5.83. The maximum atomic E-state index is 13.0. The maximum absolute atomic E-state index is 13.0. The van der Waals surface area contributed by atoms with Gasteiger partial charge in [0, 0.05) is 20.5 Å². The summed E-state index contributed by atoms with van der Waals surface area (Å²) >= 11 is 5.05. The number of oxazole rings is 1. The van der Waals surface area contributed by atoms with Crippen LogP contribution in [-0.4, -0.2) is 17.1 Å². The van der Waals surface area contributed by atoms with Gasteiger partial charge in [-0.1, -0.05) is 52.3 Å². The van der Waals surface area contributed by atoms with E-state index in [-0.39, 0.29) is 5.91 Å². The number of thioether (sulfide) groups is 1. The van der Waals surface area contributed by atoms with Gasteiger partial charge in [-0.3, -0.25) is 4.79 Å². The van der Waals surface area contributed by atoms with Crippen LogP contribution in [0.1, 0.15) is 10.4 Å². The molecule has 144 valence electrons. The SMILES string of the molecule is CSc1ccccc1NC(=O)c1ccccc1-c1ncc(-c2cccc(Br)c2)o1. The van der Waals surface area contributed by atoms with Crippen molar-refractivity contribution in [3.63, 3.8) is 0 Å². The molecule has 1 aromatic heterocycles. The molecule has 4 rings (SSSR count). The molecule has 4 aromatic rings. The summed E-state index contributed by atoms with van der Waals surface area (Å²) in [7, 11) is 0. The number of benzene rings is 3. The molecule has 3 aromatic carbocycles. The molecule has 0 aliphatic carbocycles. The molecule has 1 amide bonds. The minimum absolute atomic E-state index is 0.204. The van der Waals surface area contributed by atoms with Crippen molar-refractivity contribution in [1.29, 1.82) is 0 Å². The fraction of sp³-hybridized carbons (Fsp3) is 0.0435. The predicted octanol–water partition coefficient (Wildman–Crippen LogP) is 6.75. The van der Waals surface area contributed by atoms with E-state index < -0.39 is 0 Å². The molecule has 4 nitrogen and oxygen atoms in total. The summed E-state index contributed by atoms with van der Waals surface area (Å²) in [5, 5.41) is 3.00. The topological polar surface area (TPSA) is 55.1 Å². The quantitative estimate of drug-likeness (QED) is 0.332. The van der Waals surface area contributed by atoms with E-state index in [0.29, 0.717) is 22.8 Å². The Labute approximate surface area is 181 Å². The maximum Gasteiger partial charge on any atom is 0.256 e. The van der Waals surface area contributed by atoms with E-state index in [0.717, 1.165) is 20.6 Å². The lowest BCUT2D eigenvalue weighted by Crippen LogP contribution is -2.13. The summed E-state index contributed by atoms with van der Waals surface area (Å²) in [6.07, 6.45) is 3.66. The van der Waals surface area contributed by atoms with Crippen LogP contribution in [0.2, 0.25) is 0 Å². The monoisotopic (exact) mass is 464 g/mol. The minimum Gasteiger partial charge on any atom is -0.436 e. The number of carbonyl (C=O) groups is 1. The first-order chi connectivity index (χ1) is 14.2. The van der Waals surface area contributed by atoms with E-state index in [4.69, 9.17) is 4.42 Å². The van der Waals surface area contributed by atoms with Crippen LogP contribution in [0, 0.1) is 0 Å². The highest BCUT2D eigenvalue weighted by atomic mass is 79.9. The van der Waals surface area contributed by atoms with Gasteiger partial charge in [0.2, 0.25) is 5.89 Å². The van der Waals surface area contributed by atoms with Crippen LogP contribution in [0.25, 0.3) is 22.8 Å². The van der Waals surface area contributed by atoms with Crippen molar-refractivity contribution >= 4 is 39.3 Å². The fourth-order valence-electron chi connectivity index (χ4n) is 2.98. The lowest BCUT2D eigenvalue weighted by molar-refractivity contribution is 0.102. The minimum atomic E-state index is -0.204. The normalized spacial score (nSPS) is 10.7. The second kappa shape index (κ2) is 8.68. The molecule has 0 unspecified atom stereocenters. The highest BCUT2D eigenvalue weighted by Crippen LogP contribution is 2.31. The Bertz CT molecular complexity index is 1170. The van der Waals surface area contributed by atoms with E-state index in [1.54, 1.807) is 24.0 Å². The van der Waals surface area contributed by atoms with Gasteiger partial charge in [0.15, 0.2) is 5.76 Å². The number of para-hydroxylation sites is 1. The van der Waals surface area contributed by atoms with Crippen molar-refractivity contribution in [2.75, 3.05) is 11.6 Å². The Hall–Kier alpha value is -2.83. The van der Waals surface area contributed by atoms with Gasteiger partial charge in [-0.05, 0) is 42.7 Å². The lowest BCUT2D eigenvalue weighted by atomic mass is 10.1. The molecule has 0 saturated heterocycles. The number of nitrogens with zero attached hydrogens (tertiary/aromatic N) is 1. The predicted molar refractivity (Wildman–Crippen MR) is 121 cm³/mol. The molecule has 6 heteroatoms. The summed E-state index contributed by atoms with van der Waals surface area (Å²) in [5.74, 6) is 0.845. The molecule has 0 saturated carbocycles. The van der Waals surface area contributed by atoms with Crippen molar-refractivity contribution in [2.24, 2.45) is 0 Å². The Balaban J connectivity index is 1.66. The smallest absolute Gasteiger partial charge is 0.256 e. The van der Waals surface area contributed by atoms with Gasteiger partial charge in [0.25, 0.3) is 5.91 Å². The highest BCUT2D eigenvalue weighted by molar-refractivity contribution is 9.10. The van der Waals surface area contributed by atoms with Crippen LogP contribution < -0.4 is 5.32 Å². The second-order valence-corrected chi connectivity index (χ2v) is 8.00. The number of amides is 1. The van der Waals surface area contributed by atoms with E-state index in [1.165, 1.54) is 0 Å². The van der Waals surface area contributed by atoms with Gasteiger partial charge in [-0.25, -0.2) is 4.98 Å². The third-order valence-corrected chi connectivity index (χ3v) is 5.66. The van der Waals surface area contributed by atoms with Crippen molar-refractivity contribution < 1.29 is 9.21 Å². The number of hydrogen-bond acceptors (Lipinski definition) is 4. The molecule has 0 fully saturated rings. The second-order valence-electron chi connectivity index (χ2n) is 6.24. The van der Waals surface area contributed by atoms with E-state index in [2.05, 4.69) is 26.2 Å². The molecular formula is C23H17BrN2O2S. The van der Waals surface area contributed by atoms with Crippen LogP contribution in [0.3, 0.4) is 0 Å². The van der Waals surface area contributed by atoms with Crippen LogP contribution in [0.5, 0.6) is 0 Å². The molecule has 0 radical (unpaired) electrons. The van der Waals surface area contributed by atoms with Crippen molar-refractivity contribution in [3.8, 4) is 22.8 Å². The number of hydrogen-bond donors (Lipinski definition) is 1. The van der Waals surface area contributed by atoms with Crippen molar-refractivity contribution in [3.05, 3.63) is 89.0 Å². The van der Waals surface area contributed by atoms with Crippen molar-refractivity contribution in [1.82, 2.24) is 4.98 Å². The Morgan fingerprint density at radius 3 is 2.66 bits per heavy atom. The number of aromatic nitrogens is 1.